The highest BCUT2D eigenvalue weighted by molar-refractivity contribution is 5.80. The third-order valence-electron chi connectivity index (χ3n) is 4.00. The predicted octanol–water partition coefficient (Wildman–Crippen LogP) is 3.24. The molecule has 140 valence electrons. The van der Waals surface area contributed by atoms with Gasteiger partial charge in [-0.05, 0) is 30.5 Å². The van der Waals surface area contributed by atoms with Gasteiger partial charge in [0.15, 0.2) is 24.1 Å². The van der Waals surface area contributed by atoms with Crippen LogP contribution in [0.25, 0.3) is 0 Å². The van der Waals surface area contributed by atoms with Crippen LogP contribution in [0.5, 0.6) is 11.5 Å². The Morgan fingerprint density at radius 1 is 1.24 bits per heavy atom. The Balaban J connectivity index is 1.92. The first-order valence-electron chi connectivity index (χ1n) is 8.25. The number of rotatable bonds is 6. The molecule has 0 heterocycles. The maximum Gasteiger partial charge on any atom is 0.422 e. The van der Waals surface area contributed by atoms with E-state index in [2.05, 4.69) is 15.6 Å². The van der Waals surface area contributed by atoms with Crippen LogP contribution in [0.15, 0.2) is 23.2 Å². The van der Waals surface area contributed by atoms with E-state index in [9.17, 15) is 13.2 Å². The second-order valence-electron chi connectivity index (χ2n) is 5.94. The van der Waals surface area contributed by atoms with E-state index in [0.717, 1.165) is 18.4 Å². The van der Waals surface area contributed by atoms with E-state index >= 15 is 0 Å². The summed E-state index contributed by atoms with van der Waals surface area (Å²) in [5, 5.41) is 6.57. The summed E-state index contributed by atoms with van der Waals surface area (Å²) in [4.78, 5) is 4.20. The number of nitrogens with one attached hydrogen (secondary N) is 2. The van der Waals surface area contributed by atoms with E-state index < -0.39 is 12.8 Å². The number of hydrogen-bond donors (Lipinski definition) is 2. The van der Waals surface area contributed by atoms with Gasteiger partial charge in [0, 0.05) is 19.6 Å². The number of hydrogen-bond acceptors (Lipinski definition) is 3. The van der Waals surface area contributed by atoms with Gasteiger partial charge in [0.1, 0.15) is 0 Å². The number of ether oxygens (including phenoxy) is 2. The SMILES string of the molecule is CN=C(NCc1ccc(OCC(F)(F)F)c(OC)c1)NC1CCCC1. The van der Waals surface area contributed by atoms with Crippen molar-refractivity contribution >= 4 is 5.96 Å². The molecule has 1 saturated carbocycles. The number of alkyl halides is 3. The molecule has 1 aromatic rings. The first-order valence-corrected chi connectivity index (χ1v) is 8.25. The van der Waals surface area contributed by atoms with E-state index in [1.807, 2.05) is 0 Å². The topological polar surface area (TPSA) is 54.9 Å². The largest absolute Gasteiger partial charge is 0.493 e. The van der Waals surface area contributed by atoms with Gasteiger partial charge in [-0.3, -0.25) is 4.99 Å². The average molecular weight is 359 g/mol. The fourth-order valence-electron chi connectivity index (χ4n) is 2.74. The zero-order valence-electron chi connectivity index (χ0n) is 14.4. The molecule has 2 rings (SSSR count). The maximum atomic E-state index is 12.3. The van der Waals surface area contributed by atoms with Crippen molar-refractivity contribution in [3.63, 3.8) is 0 Å². The zero-order chi connectivity index (χ0) is 18.3. The van der Waals surface area contributed by atoms with Gasteiger partial charge in [-0.15, -0.1) is 0 Å². The van der Waals surface area contributed by atoms with Gasteiger partial charge < -0.3 is 20.1 Å². The first-order chi connectivity index (χ1) is 11.9. The monoisotopic (exact) mass is 359 g/mol. The van der Waals surface area contributed by atoms with Crippen LogP contribution in [0.1, 0.15) is 31.2 Å². The summed E-state index contributed by atoms with van der Waals surface area (Å²) in [6.07, 6.45) is 0.347. The molecule has 0 unspecified atom stereocenters. The molecule has 2 N–H and O–H groups in total. The number of nitrogens with zero attached hydrogens (tertiary/aromatic N) is 1. The van der Waals surface area contributed by atoms with Gasteiger partial charge in [0.2, 0.25) is 0 Å². The molecule has 0 aromatic heterocycles. The van der Waals surface area contributed by atoms with Gasteiger partial charge >= 0.3 is 6.18 Å². The summed E-state index contributed by atoms with van der Waals surface area (Å²) in [6, 6.07) is 5.28. The minimum absolute atomic E-state index is 0.0667. The number of methoxy groups -OCH3 is 1. The van der Waals surface area contributed by atoms with E-state index in [4.69, 9.17) is 9.47 Å². The van der Waals surface area contributed by atoms with Crippen molar-refractivity contribution < 1.29 is 22.6 Å². The molecule has 5 nitrogen and oxygen atoms in total. The van der Waals surface area contributed by atoms with Crippen LogP contribution < -0.4 is 20.1 Å². The summed E-state index contributed by atoms with van der Waals surface area (Å²) in [5.41, 5.74) is 0.852. The second kappa shape index (κ2) is 8.82. The predicted molar refractivity (Wildman–Crippen MR) is 90.1 cm³/mol. The zero-order valence-corrected chi connectivity index (χ0v) is 14.4. The van der Waals surface area contributed by atoms with Gasteiger partial charge in [-0.25, -0.2) is 0 Å². The summed E-state index contributed by atoms with van der Waals surface area (Å²) >= 11 is 0. The lowest BCUT2D eigenvalue weighted by molar-refractivity contribution is -0.153. The van der Waals surface area contributed by atoms with E-state index in [1.54, 1.807) is 19.2 Å². The summed E-state index contributed by atoms with van der Waals surface area (Å²) in [5.74, 6) is 1.04. The van der Waals surface area contributed by atoms with Crippen molar-refractivity contribution in [2.24, 2.45) is 4.99 Å². The molecular weight excluding hydrogens is 335 g/mol. The standard InChI is InChI=1S/C17H24F3N3O2/c1-21-16(23-13-5-3-4-6-13)22-10-12-7-8-14(15(9-12)24-2)25-11-17(18,19)20/h7-9,13H,3-6,10-11H2,1-2H3,(H2,21,22,23). The Hall–Kier alpha value is -2.12. The van der Waals surface area contributed by atoms with Gasteiger partial charge in [0.05, 0.1) is 7.11 Å². The average Bonchev–Trinajstić information content (AvgIpc) is 3.09. The Morgan fingerprint density at radius 3 is 2.56 bits per heavy atom. The molecule has 1 aromatic carbocycles. The minimum Gasteiger partial charge on any atom is -0.493 e. The highest BCUT2D eigenvalue weighted by atomic mass is 19.4. The lowest BCUT2D eigenvalue weighted by Gasteiger charge is -2.17. The van der Waals surface area contributed by atoms with Crippen molar-refractivity contribution in [3.05, 3.63) is 23.8 Å². The molecule has 0 radical (unpaired) electrons. The van der Waals surface area contributed by atoms with Gasteiger partial charge in [0.25, 0.3) is 0 Å². The van der Waals surface area contributed by atoms with Crippen molar-refractivity contribution in [3.8, 4) is 11.5 Å². The quantitative estimate of drug-likeness (QED) is 0.605. The van der Waals surface area contributed by atoms with Crippen LogP contribution in [0.2, 0.25) is 0 Å². The maximum absolute atomic E-state index is 12.3. The molecule has 0 bridgehead atoms. The molecule has 0 aliphatic heterocycles. The summed E-state index contributed by atoms with van der Waals surface area (Å²) < 4.78 is 46.7. The van der Waals surface area contributed by atoms with Crippen LogP contribution in [0.3, 0.4) is 0 Å². The molecule has 1 aliphatic carbocycles. The van der Waals surface area contributed by atoms with Crippen molar-refractivity contribution in [2.45, 2.75) is 44.4 Å². The third kappa shape index (κ3) is 6.36. The number of guanidine groups is 1. The summed E-state index contributed by atoms with van der Waals surface area (Å²) in [7, 11) is 3.10. The van der Waals surface area contributed by atoms with Crippen LogP contribution in [-0.2, 0) is 6.54 Å². The molecule has 0 amide bonds. The Kier molecular flexibility index (Phi) is 6.78. The molecule has 25 heavy (non-hydrogen) atoms. The number of halogens is 3. The molecule has 1 aliphatic rings. The Bertz CT molecular complexity index is 585. The number of aliphatic imine (C=N–C) groups is 1. The van der Waals surface area contributed by atoms with Crippen LogP contribution in [0.4, 0.5) is 13.2 Å². The lowest BCUT2D eigenvalue weighted by Crippen LogP contribution is -2.41. The lowest BCUT2D eigenvalue weighted by atomic mass is 10.2. The summed E-state index contributed by atoms with van der Waals surface area (Å²) in [6.45, 7) is -0.874. The molecular formula is C17H24F3N3O2. The van der Waals surface area contributed by atoms with Crippen LogP contribution in [0, 0.1) is 0 Å². The molecule has 0 spiro atoms. The van der Waals surface area contributed by atoms with E-state index in [1.165, 1.54) is 26.0 Å². The molecule has 0 saturated heterocycles. The smallest absolute Gasteiger partial charge is 0.422 e. The first kappa shape index (κ1) is 19.2. The van der Waals surface area contributed by atoms with Crippen molar-refractivity contribution in [1.82, 2.24) is 10.6 Å². The van der Waals surface area contributed by atoms with Gasteiger partial charge in [-0.1, -0.05) is 18.9 Å². The second-order valence-corrected chi connectivity index (χ2v) is 5.94. The Labute approximate surface area is 145 Å². The highest BCUT2D eigenvalue weighted by Gasteiger charge is 2.29. The highest BCUT2D eigenvalue weighted by Crippen LogP contribution is 2.29. The van der Waals surface area contributed by atoms with Crippen molar-refractivity contribution in [2.75, 3.05) is 20.8 Å². The van der Waals surface area contributed by atoms with Gasteiger partial charge in [-0.2, -0.15) is 13.2 Å². The van der Waals surface area contributed by atoms with Crippen LogP contribution >= 0.6 is 0 Å². The van der Waals surface area contributed by atoms with E-state index in [0.29, 0.717) is 18.5 Å². The third-order valence-corrected chi connectivity index (χ3v) is 4.00. The fourth-order valence-corrected chi connectivity index (χ4v) is 2.74. The van der Waals surface area contributed by atoms with Crippen LogP contribution in [-0.4, -0.2) is 38.9 Å². The van der Waals surface area contributed by atoms with Crippen molar-refractivity contribution in [1.29, 1.82) is 0 Å². The molecule has 1 fully saturated rings. The fraction of sp³-hybridized carbons (Fsp3) is 0.588. The molecule has 0 atom stereocenters. The number of benzene rings is 1. The Morgan fingerprint density at radius 2 is 1.96 bits per heavy atom. The minimum atomic E-state index is -4.39. The van der Waals surface area contributed by atoms with E-state index in [-0.39, 0.29) is 11.5 Å². The normalized spacial score (nSPS) is 16.0. The molecule has 8 heteroatoms.